The van der Waals surface area contributed by atoms with Gasteiger partial charge in [-0.2, -0.15) is 0 Å². The molecule has 0 unspecified atom stereocenters. The predicted molar refractivity (Wildman–Crippen MR) is 104 cm³/mol. The molecule has 6 nitrogen and oxygen atoms in total. The van der Waals surface area contributed by atoms with E-state index in [-0.39, 0.29) is 11.3 Å². The third kappa shape index (κ3) is 2.40. The summed E-state index contributed by atoms with van der Waals surface area (Å²) in [6.45, 7) is 2.22. The Morgan fingerprint density at radius 3 is 2.81 bits per heavy atom. The zero-order chi connectivity index (χ0) is 19.3. The largest absolute Gasteiger partial charge is 0.506 e. The number of aromatic hydroxyl groups is 1. The van der Waals surface area contributed by atoms with Crippen LogP contribution >= 0.6 is 0 Å². The number of hydrogen-bond acceptors (Lipinski definition) is 4. The van der Waals surface area contributed by atoms with Gasteiger partial charge in [-0.05, 0) is 37.1 Å². The summed E-state index contributed by atoms with van der Waals surface area (Å²) in [4.78, 5) is 25.1. The molecule has 0 spiro atoms. The Morgan fingerprint density at radius 1 is 1.33 bits per heavy atom. The van der Waals surface area contributed by atoms with Crippen molar-refractivity contribution in [2.45, 2.75) is 19.9 Å². The standard InChI is InChI=1S/C21H20N2O4/c1-4-23-18-14(19(24)17(20(23)25)21(26)27-3)7-5-6-12-11-16-13(10-15(12)18)8-9-22(16)2/h5-6,8-11,24H,4,7H2,1-3H3. The van der Waals surface area contributed by atoms with Gasteiger partial charge in [0.1, 0.15) is 5.75 Å². The van der Waals surface area contributed by atoms with Gasteiger partial charge in [-0.1, -0.05) is 12.2 Å². The highest BCUT2D eigenvalue weighted by Gasteiger charge is 2.28. The number of carbonyl (C=O) groups is 1. The van der Waals surface area contributed by atoms with Crippen LogP contribution in [0, 0.1) is 0 Å². The average molecular weight is 364 g/mol. The minimum absolute atomic E-state index is 0.294. The minimum atomic E-state index is -0.825. The zero-order valence-electron chi connectivity index (χ0n) is 15.4. The quantitative estimate of drug-likeness (QED) is 0.709. The van der Waals surface area contributed by atoms with Gasteiger partial charge in [0.25, 0.3) is 5.56 Å². The van der Waals surface area contributed by atoms with E-state index < -0.39 is 11.5 Å². The number of esters is 1. The number of ether oxygens (including phenoxy) is 1. The number of pyridine rings is 1. The first kappa shape index (κ1) is 17.1. The topological polar surface area (TPSA) is 73.5 Å². The molecule has 6 heteroatoms. The van der Waals surface area contributed by atoms with Crippen molar-refractivity contribution in [3.05, 3.63) is 57.5 Å². The molecule has 0 fully saturated rings. The molecule has 2 aromatic heterocycles. The van der Waals surface area contributed by atoms with Crippen LogP contribution in [0.25, 0.3) is 28.2 Å². The molecule has 1 aliphatic rings. The fraction of sp³-hybridized carbons (Fsp3) is 0.238. The number of aromatic nitrogens is 2. The van der Waals surface area contributed by atoms with Crippen LogP contribution in [0.2, 0.25) is 0 Å². The van der Waals surface area contributed by atoms with E-state index in [1.807, 2.05) is 49.0 Å². The molecular formula is C21H20N2O4. The molecule has 138 valence electrons. The molecule has 0 bridgehead atoms. The van der Waals surface area contributed by atoms with Crippen molar-refractivity contribution in [3.8, 4) is 17.0 Å². The SMILES string of the molecule is CCn1c2c(c(O)c(C(=O)OC)c1=O)CC=Cc1cc3c(ccn3C)cc1-2. The number of methoxy groups -OCH3 is 1. The molecule has 1 aromatic carbocycles. The summed E-state index contributed by atoms with van der Waals surface area (Å²) in [5.41, 5.74) is 3.28. The summed E-state index contributed by atoms with van der Waals surface area (Å²) in [6, 6.07) is 6.12. The molecule has 1 aliphatic carbocycles. The number of hydrogen-bond donors (Lipinski definition) is 1. The summed E-state index contributed by atoms with van der Waals surface area (Å²) < 4.78 is 8.30. The number of rotatable bonds is 2. The van der Waals surface area contributed by atoms with Gasteiger partial charge >= 0.3 is 5.97 Å². The molecule has 0 saturated heterocycles. The Morgan fingerprint density at radius 2 is 2.11 bits per heavy atom. The summed E-state index contributed by atoms with van der Waals surface area (Å²) >= 11 is 0. The number of aryl methyl sites for hydroxylation is 1. The summed E-state index contributed by atoms with van der Waals surface area (Å²) in [5, 5.41) is 11.8. The molecule has 2 heterocycles. The minimum Gasteiger partial charge on any atom is -0.506 e. The summed E-state index contributed by atoms with van der Waals surface area (Å²) in [5.74, 6) is -1.12. The van der Waals surface area contributed by atoms with E-state index in [0.29, 0.717) is 24.2 Å². The number of fused-ring (bicyclic) bond motifs is 4. The predicted octanol–water partition coefficient (Wildman–Crippen LogP) is 3.09. The van der Waals surface area contributed by atoms with Crippen LogP contribution in [-0.4, -0.2) is 27.3 Å². The first-order valence-corrected chi connectivity index (χ1v) is 8.80. The lowest BCUT2D eigenvalue weighted by Gasteiger charge is -2.19. The van der Waals surface area contributed by atoms with E-state index in [1.54, 1.807) is 4.57 Å². The van der Waals surface area contributed by atoms with E-state index in [0.717, 1.165) is 22.0 Å². The molecule has 0 saturated carbocycles. The van der Waals surface area contributed by atoms with Crippen LogP contribution in [0.1, 0.15) is 28.4 Å². The lowest BCUT2D eigenvalue weighted by molar-refractivity contribution is 0.0594. The van der Waals surface area contributed by atoms with Crippen LogP contribution < -0.4 is 5.56 Å². The van der Waals surface area contributed by atoms with Gasteiger partial charge in [-0.25, -0.2) is 4.79 Å². The lowest BCUT2D eigenvalue weighted by atomic mass is 9.97. The van der Waals surface area contributed by atoms with Crippen molar-refractivity contribution in [2.24, 2.45) is 7.05 Å². The first-order valence-electron chi connectivity index (χ1n) is 8.80. The van der Waals surface area contributed by atoms with Gasteiger partial charge in [0.15, 0.2) is 5.56 Å². The van der Waals surface area contributed by atoms with E-state index in [4.69, 9.17) is 4.74 Å². The molecule has 3 aromatic rings. The Balaban J connectivity index is 2.14. The van der Waals surface area contributed by atoms with Crippen molar-refractivity contribution < 1.29 is 14.6 Å². The van der Waals surface area contributed by atoms with Crippen LogP contribution in [0.4, 0.5) is 0 Å². The van der Waals surface area contributed by atoms with Gasteiger partial charge in [-0.3, -0.25) is 4.79 Å². The molecule has 0 amide bonds. The fourth-order valence-corrected chi connectivity index (χ4v) is 3.83. The van der Waals surface area contributed by atoms with Crippen molar-refractivity contribution in [3.63, 3.8) is 0 Å². The zero-order valence-corrected chi connectivity index (χ0v) is 15.4. The summed E-state index contributed by atoms with van der Waals surface area (Å²) in [6.07, 6.45) is 6.32. The van der Waals surface area contributed by atoms with E-state index in [1.165, 1.54) is 7.11 Å². The lowest BCUT2D eigenvalue weighted by Crippen LogP contribution is -2.29. The van der Waals surface area contributed by atoms with Crippen molar-refractivity contribution in [1.29, 1.82) is 0 Å². The highest BCUT2D eigenvalue weighted by atomic mass is 16.5. The Kier molecular flexibility index (Phi) is 3.91. The Hall–Kier alpha value is -3.28. The first-order chi connectivity index (χ1) is 13.0. The number of benzene rings is 1. The average Bonchev–Trinajstić information content (AvgIpc) is 2.91. The maximum Gasteiger partial charge on any atom is 0.347 e. The van der Waals surface area contributed by atoms with Crippen molar-refractivity contribution in [2.75, 3.05) is 7.11 Å². The van der Waals surface area contributed by atoms with E-state index in [9.17, 15) is 14.7 Å². The van der Waals surface area contributed by atoms with E-state index >= 15 is 0 Å². The molecule has 0 atom stereocenters. The van der Waals surface area contributed by atoms with Gasteiger partial charge < -0.3 is 19.0 Å². The fourth-order valence-electron chi connectivity index (χ4n) is 3.83. The van der Waals surface area contributed by atoms with Crippen LogP contribution in [0.3, 0.4) is 0 Å². The molecule has 0 radical (unpaired) electrons. The Bertz CT molecular complexity index is 1180. The van der Waals surface area contributed by atoms with Gasteiger partial charge in [0.2, 0.25) is 0 Å². The third-order valence-electron chi connectivity index (χ3n) is 5.17. The molecule has 1 N–H and O–H groups in total. The number of nitrogens with zero attached hydrogens (tertiary/aromatic N) is 2. The monoisotopic (exact) mass is 364 g/mol. The van der Waals surface area contributed by atoms with Gasteiger partial charge in [0, 0.05) is 41.8 Å². The number of carbonyl (C=O) groups excluding carboxylic acids is 1. The second-order valence-electron chi connectivity index (χ2n) is 6.62. The second kappa shape index (κ2) is 6.16. The number of allylic oxidation sites excluding steroid dienone is 1. The van der Waals surface area contributed by atoms with E-state index in [2.05, 4.69) is 6.07 Å². The second-order valence-corrected chi connectivity index (χ2v) is 6.62. The Labute approximate surface area is 155 Å². The van der Waals surface area contributed by atoms with Crippen molar-refractivity contribution in [1.82, 2.24) is 9.13 Å². The van der Waals surface area contributed by atoms with Crippen LogP contribution in [0.15, 0.2) is 35.3 Å². The third-order valence-corrected chi connectivity index (χ3v) is 5.17. The van der Waals surface area contributed by atoms with Crippen LogP contribution in [0.5, 0.6) is 5.75 Å². The van der Waals surface area contributed by atoms with Gasteiger partial charge in [0.05, 0.1) is 12.8 Å². The molecule has 0 aliphatic heterocycles. The van der Waals surface area contributed by atoms with Crippen molar-refractivity contribution >= 4 is 22.9 Å². The smallest absolute Gasteiger partial charge is 0.347 e. The van der Waals surface area contributed by atoms with Gasteiger partial charge in [-0.15, -0.1) is 0 Å². The normalized spacial score (nSPS) is 12.6. The summed E-state index contributed by atoms with van der Waals surface area (Å²) in [7, 11) is 3.18. The maximum atomic E-state index is 13.0. The van der Waals surface area contributed by atoms with Crippen LogP contribution in [-0.2, 0) is 24.8 Å². The highest BCUT2D eigenvalue weighted by Crippen LogP contribution is 2.38. The highest BCUT2D eigenvalue weighted by molar-refractivity contribution is 5.96. The molecule has 4 rings (SSSR count). The maximum absolute atomic E-state index is 13.0. The molecular weight excluding hydrogens is 344 g/mol. The molecule has 27 heavy (non-hydrogen) atoms.